The van der Waals surface area contributed by atoms with Gasteiger partial charge in [-0.05, 0) is 24.3 Å². The van der Waals surface area contributed by atoms with Crippen LogP contribution < -0.4 is 0 Å². The molecule has 0 unspecified atom stereocenters. The van der Waals surface area contributed by atoms with Crippen molar-refractivity contribution in [1.29, 1.82) is 5.26 Å². The molecule has 5 nitrogen and oxygen atoms in total. The number of para-hydroxylation sites is 1. The zero-order valence-corrected chi connectivity index (χ0v) is 10.9. The van der Waals surface area contributed by atoms with Crippen molar-refractivity contribution in [2.75, 3.05) is 6.61 Å². The molecule has 0 aliphatic rings. The summed E-state index contributed by atoms with van der Waals surface area (Å²) in [6.07, 6.45) is 1.54. The number of aromatic nitrogens is 1. The molecule has 0 spiro atoms. The first-order valence-corrected chi connectivity index (χ1v) is 6.27. The summed E-state index contributed by atoms with van der Waals surface area (Å²) in [6, 6.07) is 14.2. The van der Waals surface area contributed by atoms with Crippen LogP contribution in [0.2, 0.25) is 0 Å². The largest absolute Gasteiger partial charge is 0.463 e. The van der Waals surface area contributed by atoms with E-state index in [4.69, 9.17) is 14.4 Å². The van der Waals surface area contributed by atoms with Crippen LogP contribution in [0.5, 0.6) is 0 Å². The second-order valence-corrected chi connectivity index (χ2v) is 4.28. The first-order chi connectivity index (χ1) is 10.3. The summed E-state index contributed by atoms with van der Waals surface area (Å²) < 4.78 is 10.2. The number of esters is 1. The molecule has 0 fully saturated rings. The predicted molar refractivity (Wildman–Crippen MR) is 75.3 cm³/mol. The van der Waals surface area contributed by atoms with Gasteiger partial charge < -0.3 is 9.15 Å². The molecule has 0 aliphatic carbocycles. The molecule has 3 rings (SSSR count). The van der Waals surface area contributed by atoms with Crippen LogP contribution >= 0.6 is 0 Å². The Kier molecular flexibility index (Phi) is 3.36. The molecule has 1 aromatic carbocycles. The molecular weight excluding hydrogens is 268 g/mol. The minimum absolute atomic E-state index is 0.286. The van der Waals surface area contributed by atoms with E-state index < -0.39 is 5.97 Å². The second-order valence-electron chi connectivity index (χ2n) is 4.28. The summed E-state index contributed by atoms with van der Waals surface area (Å²) >= 11 is 0. The molecule has 0 radical (unpaired) electrons. The summed E-state index contributed by atoms with van der Waals surface area (Å²) in [7, 11) is 0. The number of furan rings is 1. The molecule has 5 heteroatoms. The van der Waals surface area contributed by atoms with Crippen molar-refractivity contribution < 1.29 is 13.9 Å². The predicted octanol–water partition coefficient (Wildman–Crippen LogP) is 3.18. The first-order valence-electron chi connectivity index (χ1n) is 6.27. The minimum Gasteiger partial charge on any atom is -0.463 e. The molecule has 2 heterocycles. The number of rotatable bonds is 3. The van der Waals surface area contributed by atoms with E-state index in [1.54, 1.807) is 36.6 Å². The summed E-state index contributed by atoms with van der Waals surface area (Å²) in [6.45, 7) is -0.286. The van der Waals surface area contributed by atoms with Crippen molar-refractivity contribution in [2.45, 2.75) is 0 Å². The lowest BCUT2D eigenvalue weighted by molar-refractivity contribution is 0.0557. The van der Waals surface area contributed by atoms with E-state index in [9.17, 15) is 4.79 Å². The lowest BCUT2D eigenvalue weighted by Crippen LogP contribution is -2.07. The standard InChI is InChI=1S/C16H10N2O3/c17-7-9-21-16(19)12-10-14(15-6-3-8-20-15)18-13-5-2-1-4-11(12)13/h1-6,8,10H,9H2. The van der Waals surface area contributed by atoms with Gasteiger partial charge in [-0.2, -0.15) is 5.26 Å². The third-order valence-electron chi connectivity index (χ3n) is 2.98. The van der Waals surface area contributed by atoms with Crippen LogP contribution in [0.3, 0.4) is 0 Å². The van der Waals surface area contributed by atoms with Gasteiger partial charge in [-0.3, -0.25) is 0 Å². The molecule has 21 heavy (non-hydrogen) atoms. The van der Waals surface area contributed by atoms with Crippen LogP contribution in [0, 0.1) is 11.3 Å². The highest BCUT2D eigenvalue weighted by atomic mass is 16.5. The SMILES string of the molecule is N#CCOC(=O)c1cc(-c2ccco2)nc2ccccc12. The zero-order chi connectivity index (χ0) is 14.7. The number of pyridine rings is 1. The van der Waals surface area contributed by atoms with Gasteiger partial charge in [0.1, 0.15) is 11.8 Å². The van der Waals surface area contributed by atoms with Crippen LogP contribution in [0.15, 0.2) is 53.1 Å². The molecule has 102 valence electrons. The molecular formula is C16H10N2O3. The van der Waals surface area contributed by atoms with Gasteiger partial charge in [0.2, 0.25) is 0 Å². The van der Waals surface area contributed by atoms with Gasteiger partial charge in [0.05, 0.1) is 17.3 Å². The topological polar surface area (TPSA) is 76.1 Å². The average molecular weight is 278 g/mol. The molecule has 0 atom stereocenters. The Morgan fingerprint density at radius 3 is 2.90 bits per heavy atom. The second kappa shape index (κ2) is 5.47. The van der Waals surface area contributed by atoms with E-state index in [0.29, 0.717) is 27.9 Å². The van der Waals surface area contributed by atoms with Crippen LogP contribution in [-0.2, 0) is 4.74 Å². The molecule has 0 amide bonds. The molecule has 0 N–H and O–H groups in total. The fourth-order valence-electron chi connectivity index (χ4n) is 2.07. The number of nitrogens with zero attached hydrogens (tertiary/aromatic N) is 2. The highest BCUT2D eigenvalue weighted by Crippen LogP contribution is 2.25. The number of hydrogen-bond donors (Lipinski definition) is 0. The van der Waals surface area contributed by atoms with Gasteiger partial charge in [-0.25, -0.2) is 9.78 Å². The first kappa shape index (κ1) is 12.9. The van der Waals surface area contributed by atoms with Crippen molar-refractivity contribution in [2.24, 2.45) is 0 Å². The lowest BCUT2D eigenvalue weighted by Gasteiger charge is -2.07. The van der Waals surface area contributed by atoms with Crippen molar-refractivity contribution in [3.05, 3.63) is 54.3 Å². The summed E-state index contributed by atoms with van der Waals surface area (Å²) in [5, 5.41) is 9.20. The van der Waals surface area contributed by atoms with E-state index >= 15 is 0 Å². The fraction of sp³-hybridized carbons (Fsp3) is 0.0625. The Morgan fingerprint density at radius 1 is 1.29 bits per heavy atom. The highest BCUT2D eigenvalue weighted by Gasteiger charge is 2.15. The Morgan fingerprint density at radius 2 is 2.14 bits per heavy atom. The third kappa shape index (κ3) is 2.47. The van der Waals surface area contributed by atoms with Gasteiger partial charge in [-0.15, -0.1) is 0 Å². The molecule has 0 saturated carbocycles. The normalized spacial score (nSPS) is 10.2. The van der Waals surface area contributed by atoms with Gasteiger partial charge in [0.15, 0.2) is 12.4 Å². The quantitative estimate of drug-likeness (QED) is 0.688. The van der Waals surface area contributed by atoms with Gasteiger partial charge in [0, 0.05) is 5.39 Å². The van der Waals surface area contributed by atoms with Crippen LogP contribution in [0.25, 0.3) is 22.4 Å². The fourth-order valence-corrected chi connectivity index (χ4v) is 2.07. The van der Waals surface area contributed by atoms with E-state index in [0.717, 1.165) is 0 Å². The molecule has 0 aliphatic heterocycles. The number of carbonyl (C=O) groups is 1. The summed E-state index contributed by atoms with van der Waals surface area (Å²) in [4.78, 5) is 16.6. The molecule has 0 bridgehead atoms. The number of hydrogen-bond acceptors (Lipinski definition) is 5. The lowest BCUT2D eigenvalue weighted by atomic mass is 10.1. The van der Waals surface area contributed by atoms with E-state index in [1.807, 2.05) is 18.2 Å². The maximum atomic E-state index is 12.1. The number of carbonyl (C=O) groups excluding carboxylic acids is 1. The molecule has 2 aromatic heterocycles. The Balaban J connectivity index is 2.16. The van der Waals surface area contributed by atoms with E-state index in [2.05, 4.69) is 4.98 Å². The average Bonchev–Trinajstić information content (AvgIpc) is 3.06. The summed E-state index contributed by atoms with van der Waals surface area (Å²) in [5.74, 6) is 0.0121. The minimum atomic E-state index is -0.553. The third-order valence-corrected chi connectivity index (χ3v) is 2.98. The number of nitriles is 1. The van der Waals surface area contributed by atoms with Gasteiger partial charge in [0.25, 0.3) is 0 Å². The number of benzene rings is 1. The Bertz CT molecular complexity index is 832. The zero-order valence-electron chi connectivity index (χ0n) is 10.9. The summed E-state index contributed by atoms with van der Waals surface area (Å²) in [5.41, 5.74) is 1.57. The van der Waals surface area contributed by atoms with E-state index in [1.165, 1.54) is 0 Å². The smallest absolute Gasteiger partial charge is 0.339 e. The van der Waals surface area contributed by atoms with Crippen LogP contribution in [0.1, 0.15) is 10.4 Å². The van der Waals surface area contributed by atoms with E-state index in [-0.39, 0.29) is 6.61 Å². The number of ether oxygens (including phenoxy) is 1. The Labute approximate surface area is 120 Å². The Hall–Kier alpha value is -3.13. The van der Waals surface area contributed by atoms with Crippen molar-refractivity contribution in [3.63, 3.8) is 0 Å². The molecule has 0 saturated heterocycles. The van der Waals surface area contributed by atoms with Crippen LogP contribution in [-0.4, -0.2) is 17.6 Å². The van der Waals surface area contributed by atoms with Crippen LogP contribution in [0.4, 0.5) is 0 Å². The van der Waals surface area contributed by atoms with Crippen molar-refractivity contribution in [1.82, 2.24) is 4.98 Å². The monoisotopic (exact) mass is 278 g/mol. The van der Waals surface area contributed by atoms with Gasteiger partial charge >= 0.3 is 5.97 Å². The highest BCUT2D eigenvalue weighted by molar-refractivity contribution is 6.04. The maximum Gasteiger partial charge on any atom is 0.339 e. The molecule has 3 aromatic rings. The van der Waals surface area contributed by atoms with Gasteiger partial charge in [-0.1, -0.05) is 18.2 Å². The van der Waals surface area contributed by atoms with Crippen molar-refractivity contribution in [3.8, 4) is 17.5 Å². The maximum absolute atomic E-state index is 12.1. The van der Waals surface area contributed by atoms with Crippen molar-refractivity contribution >= 4 is 16.9 Å². The number of fused-ring (bicyclic) bond motifs is 1.